The van der Waals surface area contributed by atoms with Gasteiger partial charge < -0.3 is 11.1 Å². The molecule has 0 aliphatic carbocycles. The molecule has 3 N–H and O–H groups in total. The average molecular weight is 257 g/mol. The fourth-order valence-corrected chi connectivity index (χ4v) is 1.29. The van der Waals surface area contributed by atoms with E-state index < -0.39 is 29.3 Å². The summed E-state index contributed by atoms with van der Waals surface area (Å²) in [6, 6.07) is 3.76. The number of alkyl halides is 3. The van der Waals surface area contributed by atoms with E-state index in [-0.39, 0.29) is 5.69 Å². The second-order valence-electron chi connectivity index (χ2n) is 3.64. The highest BCUT2D eigenvalue weighted by atomic mass is 19.4. The Balaban J connectivity index is 3.12. The van der Waals surface area contributed by atoms with Crippen molar-refractivity contribution in [2.45, 2.75) is 19.1 Å². The summed E-state index contributed by atoms with van der Waals surface area (Å²) in [5.41, 5.74) is 3.54. The van der Waals surface area contributed by atoms with E-state index in [1.165, 1.54) is 19.1 Å². The quantitative estimate of drug-likeness (QED) is 0.867. The van der Waals surface area contributed by atoms with Gasteiger partial charge in [0.15, 0.2) is 0 Å². The van der Waals surface area contributed by atoms with Crippen LogP contribution >= 0.6 is 0 Å². The van der Waals surface area contributed by atoms with E-state index >= 15 is 0 Å². The monoisotopic (exact) mass is 257 g/mol. The molecule has 18 heavy (non-hydrogen) atoms. The van der Waals surface area contributed by atoms with Gasteiger partial charge in [0.25, 0.3) is 0 Å². The predicted molar refractivity (Wildman–Crippen MR) is 58.4 cm³/mol. The molecule has 1 atom stereocenters. The third-order valence-corrected chi connectivity index (χ3v) is 2.26. The first-order chi connectivity index (χ1) is 8.25. The van der Waals surface area contributed by atoms with Crippen LogP contribution < -0.4 is 11.1 Å². The van der Waals surface area contributed by atoms with Crippen LogP contribution in [-0.2, 0) is 11.0 Å². The number of nitriles is 1. The molecule has 0 fully saturated rings. The maximum absolute atomic E-state index is 12.6. The topological polar surface area (TPSA) is 78.9 Å². The number of rotatable bonds is 3. The summed E-state index contributed by atoms with van der Waals surface area (Å²) < 4.78 is 37.9. The number of primary amides is 1. The van der Waals surface area contributed by atoms with Crippen LogP contribution in [0.25, 0.3) is 0 Å². The van der Waals surface area contributed by atoms with Crippen molar-refractivity contribution in [2.75, 3.05) is 5.32 Å². The van der Waals surface area contributed by atoms with E-state index in [1.54, 1.807) is 0 Å². The molecule has 0 aliphatic heterocycles. The lowest BCUT2D eigenvalue weighted by Crippen LogP contribution is -2.32. The van der Waals surface area contributed by atoms with Gasteiger partial charge in [-0.2, -0.15) is 18.4 Å². The number of benzene rings is 1. The molecular formula is C11H10F3N3O. The first-order valence-electron chi connectivity index (χ1n) is 4.93. The lowest BCUT2D eigenvalue weighted by Gasteiger charge is -2.14. The summed E-state index contributed by atoms with van der Waals surface area (Å²) in [7, 11) is 0. The van der Waals surface area contributed by atoms with Gasteiger partial charge in [0.2, 0.25) is 5.91 Å². The lowest BCUT2D eigenvalue weighted by atomic mass is 10.1. The van der Waals surface area contributed by atoms with Crippen molar-refractivity contribution in [1.29, 1.82) is 5.26 Å². The van der Waals surface area contributed by atoms with E-state index in [0.717, 1.165) is 12.1 Å². The van der Waals surface area contributed by atoms with Crippen molar-refractivity contribution >= 4 is 11.6 Å². The van der Waals surface area contributed by atoms with Crippen LogP contribution in [0.4, 0.5) is 18.9 Å². The summed E-state index contributed by atoms with van der Waals surface area (Å²) in [5, 5.41) is 11.1. The van der Waals surface area contributed by atoms with Crippen molar-refractivity contribution in [2.24, 2.45) is 5.73 Å². The first-order valence-corrected chi connectivity index (χ1v) is 4.93. The Bertz CT molecular complexity index is 505. The number of amides is 1. The normalized spacial score (nSPS) is 12.6. The fraction of sp³-hybridized carbons (Fsp3) is 0.273. The minimum absolute atomic E-state index is 0.0765. The largest absolute Gasteiger partial charge is 0.417 e. The Kier molecular flexibility index (Phi) is 3.81. The highest BCUT2D eigenvalue weighted by Gasteiger charge is 2.33. The van der Waals surface area contributed by atoms with Crippen molar-refractivity contribution in [1.82, 2.24) is 0 Å². The van der Waals surface area contributed by atoms with Gasteiger partial charge in [0, 0.05) is 5.69 Å². The fourth-order valence-electron chi connectivity index (χ4n) is 1.29. The highest BCUT2D eigenvalue weighted by molar-refractivity contribution is 5.82. The van der Waals surface area contributed by atoms with Crippen molar-refractivity contribution < 1.29 is 18.0 Å². The molecule has 1 aromatic rings. The van der Waals surface area contributed by atoms with Crippen molar-refractivity contribution in [3.8, 4) is 6.07 Å². The maximum Gasteiger partial charge on any atom is 0.417 e. The first kappa shape index (κ1) is 13.8. The Morgan fingerprint density at radius 1 is 1.50 bits per heavy atom. The molecule has 7 heteroatoms. The number of carbonyl (C=O) groups excluding carboxylic acids is 1. The summed E-state index contributed by atoms with van der Waals surface area (Å²) in [4.78, 5) is 10.8. The van der Waals surface area contributed by atoms with Gasteiger partial charge in [0.1, 0.15) is 6.04 Å². The molecule has 1 aromatic carbocycles. The summed E-state index contributed by atoms with van der Waals surface area (Å²) >= 11 is 0. The van der Waals surface area contributed by atoms with Crippen molar-refractivity contribution in [3.63, 3.8) is 0 Å². The second-order valence-corrected chi connectivity index (χ2v) is 3.64. The molecule has 1 amide bonds. The standard InChI is InChI=1S/C11H10F3N3O/c1-6(10(16)18)17-8-3-2-7(5-15)9(4-8)11(12,13)14/h2-4,6,17H,1H3,(H2,16,18). The number of carbonyl (C=O) groups is 1. The predicted octanol–water partition coefficient (Wildman–Crippen LogP) is 1.86. The van der Waals surface area contributed by atoms with Crippen LogP contribution in [0.3, 0.4) is 0 Å². The Hall–Kier alpha value is -2.23. The number of halogens is 3. The second kappa shape index (κ2) is 4.96. The van der Waals surface area contributed by atoms with E-state index in [2.05, 4.69) is 5.32 Å². The zero-order valence-corrected chi connectivity index (χ0v) is 9.38. The highest BCUT2D eigenvalue weighted by Crippen LogP contribution is 2.33. The average Bonchev–Trinajstić information content (AvgIpc) is 2.27. The number of hydrogen-bond donors (Lipinski definition) is 2. The molecule has 1 unspecified atom stereocenters. The van der Waals surface area contributed by atoms with E-state index in [9.17, 15) is 18.0 Å². The number of hydrogen-bond acceptors (Lipinski definition) is 3. The number of nitrogens with zero attached hydrogens (tertiary/aromatic N) is 1. The molecule has 0 heterocycles. The van der Waals surface area contributed by atoms with Crippen molar-refractivity contribution in [3.05, 3.63) is 29.3 Å². The summed E-state index contributed by atoms with van der Waals surface area (Å²) in [6.07, 6.45) is -4.63. The smallest absolute Gasteiger partial charge is 0.374 e. The third-order valence-electron chi connectivity index (χ3n) is 2.26. The molecule has 0 radical (unpaired) electrons. The minimum Gasteiger partial charge on any atom is -0.374 e. The molecule has 0 aliphatic rings. The summed E-state index contributed by atoms with van der Waals surface area (Å²) in [6.45, 7) is 1.42. The van der Waals surface area contributed by atoms with Gasteiger partial charge in [-0.1, -0.05) is 0 Å². The SMILES string of the molecule is CC(Nc1ccc(C#N)c(C(F)(F)F)c1)C(N)=O. The molecule has 0 saturated heterocycles. The molecule has 1 rings (SSSR count). The Labute approximate surface area is 101 Å². The molecule has 0 bridgehead atoms. The molecule has 0 aromatic heterocycles. The van der Waals surface area contributed by atoms with Crippen LogP contribution in [0, 0.1) is 11.3 Å². The molecule has 96 valence electrons. The zero-order valence-electron chi connectivity index (χ0n) is 9.38. The lowest BCUT2D eigenvalue weighted by molar-refractivity contribution is -0.137. The van der Waals surface area contributed by atoms with Gasteiger partial charge in [-0.05, 0) is 25.1 Å². The Morgan fingerprint density at radius 3 is 2.56 bits per heavy atom. The van der Waals surface area contributed by atoms with Crippen LogP contribution in [-0.4, -0.2) is 11.9 Å². The van der Waals surface area contributed by atoms with Crippen LogP contribution in [0.15, 0.2) is 18.2 Å². The minimum atomic E-state index is -4.63. The number of anilines is 1. The van der Waals surface area contributed by atoms with Gasteiger partial charge in [-0.25, -0.2) is 0 Å². The van der Waals surface area contributed by atoms with Crippen LogP contribution in [0.2, 0.25) is 0 Å². The molecule has 0 saturated carbocycles. The summed E-state index contributed by atoms with van der Waals surface area (Å²) in [5.74, 6) is -0.687. The van der Waals surface area contributed by atoms with E-state index in [0.29, 0.717) is 0 Å². The number of nitrogens with two attached hydrogens (primary N) is 1. The van der Waals surface area contributed by atoms with Gasteiger partial charge in [-0.15, -0.1) is 0 Å². The van der Waals surface area contributed by atoms with Gasteiger partial charge >= 0.3 is 6.18 Å². The van der Waals surface area contributed by atoms with Crippen LogP contribution in [0.1, 0.15) is 18.1 Å². The van der Waals surface area contributed by atoms with Gasteiger partial charge in [-0.3, -0.25) is 4.79 Å². The van der Waals surface area contributed by atoms with Crippen LogP contribution in [0.5, 0.6) is 0 Å². The Morgan fingerprint density at radius 2 is 2.11 bits per heavy atom. The maximum atomic E-state index is 12.6. The molecule has 0 spiro atoms. The van der Waals surface area contributed by atoms with Gasteiger partial charge in [0.05, 0.1) is 17.2 Å². The van der Waals surface area contributed by atoms with E-state index in [1.807, 2.05) is 0 Å². The molecular weight excluding hydrogens is 247 g/mol. The number of nitrogens with one attached hydrogen (secondary N) is 1. The zero-order chi connectivity index (χ0) is 13.9. The van der Waals surface area contributed by atoms with E-state index in [4.69, 9.17) is 11.0 Å². The third kappa shape index (κ3) is 3.13. The molecule has 4 nitrogen and oxygen atoms in total.